The molecule has 0 radical (unpaired) electrons. The largest absolute Gasteiger partial charge is 0.374 e. The average molecular weight is 224 g/mol. The highest BCUT2D eigenvalue weighted by Gasteiger charge is 2.09. The Bertz CT molecular complexity index is 299. The summed E-state index contributed by atoms with van der Waals surface area (Å²) in [5.41, 5.74) is 1.27. The minimum Gasteiger partial charge on any atom is -0.374 e. The van der Waals surface area contributed by atoms with Crippen molar-refractivity contribution >= 4 is 0 Å². The fourth-order valence-electron chi connectivity index (χ4n) is 1.53. The van der Waals surface area contributed by atoms with Crippen LogP contribution in [0.5, 0.6) is 0 Å². The lowest BCUT2D eigenvalue weighted by Crippen LogP contribution is -2.23. The zero-order valence-corrected chi connectivity index (χ0v) is 10.9. The van der Waals surface area contributed by atoms with Gasteiger partial charge in [-0.25, -0.2) is 0 Å². The first-order valence-corrected chi connectivity index (χ1v) is 6.01. The van der Waals surface area contributed by atoms with E-state index in [9.17, 15) is 0 Å². The van der Waals surface area contributed by atoms with Gasteiger partial charge >= 0.3 is 0 Å². The fourth-order valence-corrected chi connectivity index (χ4v) is 1.53. The first kappa shape index (κ1) is 13.3. The maximum absolute atomic E-state index is 5.72. The summed E-state index contributed by atoms with van der Waals surface area (Å²) in [5.74, 6) is 0. The van der Waals surface area contributed by atoms with Gasteiger partial charge in [0.15, 0.2) is 0 Å². The van der Waals surface area contributed by atoms with Crippen molar-refractivity contribution in [2.45, 2.75) is 46.4 Å². The van der Waals surface area contributed by atoms with Crippen molar-refractivity contribution in [2.75, 3.05) is 13.2 Å². The molecule has 0 spiro atoms. The number of hydrogen-bond donors (Lipinski definition) is 1. The Morgan fingerprint density at radius 3 is 2.75 bits per heavy atom. The number of rotatable bonds is 6. The van der Waals surface area contributed by atoms with Crippen molar-refractivity contribution in [3.63, 3.8) is 0 Å². The summed E-state index contributed by atoms with van der Waals surface area (Å²) >= 11 is 0. The number of aromatic nitrogens is 1. The molecule has 92 valence electrons. The topological polar surface area (TPSA) is 26.2 Å². The van der Waals surface area contributed by atoms with Gasteiger partial charge in [-0.1, -0.05) is 6.92 Å². The van der Waals surface area contributed by atoms with E-state index in [1.807, 2.05) is 0 Å². The zero-order valence-electron chi connectivity index (χ0n) is 10.9. The molecule has 0 saturated heterocycles. The summed E-state index contributed by atoms with van der Waals surface area (Å²) in [4.78, 5) is 0. The van der Waals surface area contributed by atoms with Crippen molar-refractivity contribution < 1.29 is 4.74 Å². The molecule has 1 aromatic heterocycles. The summed E-state index contributed by atoms with van der Waals surface area (Å²) < 4.78 is 7.97. The maximum Gasteiger partial charge on any atom is 0.0652 e. The van der Waals surface area contributed by atoms with Crippen LogP contribution in [0.15, 0.2) is 18.3 Å². The van der Waals surface area contributed by atoms with E-state index in [1.165, 1.54) is 5.69 Å². The van der Waals surface area contributed by atoms with Crippen LogP contribution in [0.1, 0.15) is 33.4 Å². The highest BCUT2D eigenvalue weighted by molar-refractivity contribution is 5.06. The number of nitrogens with zero attached hydrogens (tertiary/aromatic N) is 1. The Hall–Kier alpha value is -0.800. The van der Waals surface area contributed by atoms with Crippen LogP contribution in [0.2, 0.25) is 0 Å². The van der Waals surface area contributed by atoms with Crippen LogP contribution in [-0.2, 0) is 17.8 Å². The Kier molecular flexibility index (Phi) is 5.03. The molecule has 0 aliphatic carbocycles. The third kappa shape index (κ3) is 4.81. The molecule has 0 atom stereocenters. The lowest BCUT2D eigenvalue weighted by Gasteiger charge is -2.20. The monoisotopic (exact) mass is 224 g/mol. The predicted molar refractivity (Wildman–Crippen MR) is 67.5 cm³/mol. The molecule has 0 fully saturated rings. The first-order chi connectivity index (χ1) is 7.53. The van der Waals surface area contributed by atoms with Crippen molar-refractivity contribution in [1.82, 2.24) is 9.88 Å². The van der Waals surface area contributed by atoms with Crippen LogP contribution in [-0.4, -0.2) is 23.3 Å². The Morgan fingerprint density at radius 1 is 1.38 bits per heavy atom. The van der Waals surface area contributed by atoms with Crippen molar-refractivity contribution in [2.24, 2.45) is 0 Å². The quantitative estimate of drug-likeness (QED) is 0.803. The molecule has 1 aromatic rings. The van der Waals surface area contributed by atoms with Crippen LogP contribution in [0, 0.1) is 0 Å². The van der Waals surface area contributed by atoms with Gasteiger partial charge in [-0.05, 0) is 39.4 Å². The van der Waals surface area contributed by atoms with Gasteiger partial charge in [-0.15, -0.1) is 0 Å². The molecule has 1 heterocycles. The smallest absolute Gasteiger partial charge is 0.0652 e. The molecule has 1 rings (SSSR count). The predicted octanol–water partition coefficient (Wildman–Crippen LogP) is 2.41. The van der Waals surface area contributed by atoms with E-state index < -0.39 is 0 Å². The minimum absolute atomic E-state index is 0.0466. The molecule has 16 heavy (non-hydrogen) atoms. The van der Waals surface area contributed by atoms with Gasteiger partial charge in [-0.2, -0.15) is 0 Å². The van der Waals surface area contributed by atoms with E-state index in [-0.39, 0.29) is 5.60 Å². The molecule has 0 amide bonds. The molecule has 3 nitrogen and oxygen atoms in total. The highest BCUT2D eigenvalue weighted by atomic mass is 16.5. The van der Waals surface area contributed by atoms with Gasteiger partial charge in [-0.3, -0.25) is 0 Å². The van der Waals surface area contributed by atoms with Crippen molar-refractivity contribution in [1.29, 1.82) is 0 Å². The summed E-state index contributed by atoms with van der Waals surface area (Å²) in [7, 11) is 0. The first-order valence-electron chi connectivity index (χ1n) is 6.01. The van der Waals surface area contributed by atoms with E-state index in [0.29, 0.717) is 0 Å². The van der Waals surface area contributed by atoms with Crippen LogP contribution in [0.4, 0.5) is 0 Å². The Labute approximate surface area is 98.8 Å². The van der Waals surface area contributed by atoms with Gasteiger partial charge < -0.3 is 14.6 Å². The lowest BCUT2D eigenvalue weighted by atomic mass is 10.2. The van der Waals surface area contributed by atoms with Crippen LogP contribution in [0.3, 0.4) is 0 Å². The minimum atomic E-state index is -0.0466. The van der Waals surface area contributed by atoms with Gasteiger partial charge in [0.25, 0.3) is 0 Å². The molecule has 0 aliphatic heterocycles. The summed E-state index contributed by atoms with van der Waals surface area (Å²) in [6, 6.07) is 4.24. The second-order valence-electron chi connectivity index (χ2n) is 4.93. The van der Waals surface area contributed by atoms with E-state index >= 15 is 0 Å². The molecule has 0 aromatic carbocycles. The molecule has 1 N–H and O–H groups in total. The van der Waals surface area contributed by atoms with E-state index in [2.05, 4.69) is 55.9 Å². The third-order valence-corrected chi connectivity index (χ3v) is 2.35. The van der Waals surface area contributed by atoms with E-state index in [4.69, 9.17) is 4.74 Å². The van der Waals surface area contributed by atoms with E-state index in [1.54, 1.807) is 0 Å². The van der Waals surface area contributed by atoms with Gasteiger partial charge in [0.2, 0.25) is 0 Å². The van der Waals surface area contributed by atoms with Crippen molar-refractivity contribution in [3.05, 3.63) is 24.0 Å². The number of hydrogen-bond acceptors (Lipinski definition) is 2. The maximum atomic E-state index is 5.72. The fraction of sp³-hybridized carbons (Fsp3) is 0.692. The normalized spacial score (nSPS) is 12.0. The van der Waals surface area contributed by atoms with Crippen LogP contribution >= 0.6 is 0 Å². The standard InChI is InChI=1S/C13H24N2O/c1-5-14-11-12-7-6-8-15(12)9-10-16-13(2,3)4/h6-8,14H,5,9-11H2,1-4H3. The third-order valence-electron chi connectivity index (χ3n) is 2.35. The number of ether oxygens (including phenoxy) is 1. The van der Waals surface area contributed by atoms with Gasteiger partial charge in [0.1, 0.15) is 0 Å². The molecule has 0 unspecified atom stereocenters. The summed E-state index contributed by atoms with van der Waals surface area (Å²) in [5, 5.41) is 3.34. The van der Waals surface area contributed by atoms with Crippen LogP contribution in [0.25, 0.3) is 0 Å². The van der Waals surface area contributed by atoms with Crippen molar-refractivity contribution in [3.8, 4) is 0 Å². The zero-order chi connectivity index (χ0) is 12.0. The highest BCUT2D eigenvalue weighted by Crippen LogP contribution is 2.08. The lowest BCUT2D eigenvalue weighted by molar-refractivity contribution is -0.00703. The molecule has 0 saturated carbocycles. The van der Waals surface area contributed by atoms with Gasteiger partial charge in [0, 0.05) is 25.0 Å². The second kappa shape index (κ2) is 6.06. The second-order valence-corrected chi connectivity index (χ2v) is 4.93. The molecule has 0 bridgehead atoms. The summed E-state index contributed by atoms with van der Waals surface area (Å²) in [6.45, 7) is 12.0. The Morgan fingerprint density at radius 2 is 2.12 bits per heavy atom. The molecule has 3 heteroatoms. The molecular formula is C13H24N2O. The number of nitrogens with one attached hydrogen (secondary N) is 1. The van der Waals surface area contributed by atoms with E-state index in [0.717, 1.165) is 26.2 Å². The SMILES string of the molecule is CCNCc1cccn1CCOC(C)(C)C. The average Bonchev–Trinajstić information content (AvgIpc) is 2.60. The molecular weight excluding hydrogens is 200 g/mol. The Balaban J connectivity index is 2.38. The van der Waals surface area contributed by atoms with Crippen LogP contribution < -0.4 is 5.32 Å². The van der Waals surface area contributed by atoms with Gasteiger partial charge in [0.05, 0.1) is 12.2 Å². The molecule has 0 aliphatic rings. The summed E-state index contributed by atoms with van der Waals surface area (Å²) in [6.07, 6.45) is 2.11.